The van der Waals surface area contributed by atoms with E-state index in [2.05, 4.69) is 5.32 Å². The number of carbonyl (C=O) groups is 1. The first-order chi connectivity index (χ1) is 11.3. The standard InChI is InChI=1S/C17H21F3N2O2/c1-9-12(3-2-4-13(9)24-8-17(18,19)20)22-16(23)14-10-5-6-11(7-10)15(14)21/h2-4,10-11,14-15H,5-8,21H2,1H3,(H,22,23). The fourth-order valence-electron chi connectivity index (χ4n) is 4.01. The molecule has 1 amide bonds. The predicted molar refractivity (Wildman–Crippen MR) is 83.7 cm³/mol. The summed E-state index contributed by atoms with van der Waals surface area (Å²) in [7, 11) is 0. The lowest BCUT2D eigenvalue weighted by Crippen LogP contribution is -2.42. The Kier molecular flexibility index (Phi) is 4.46. The first-order valence-electron chi connectivity index (χ1n) is 8.12. The Hall–Kier alpha value is -1.76. The SMILES string of the molecule is Cc1c(NC(=O)C2C3CCC(C3)C2N)cccc1OCC(F)(F)F. The molecule has 2 bridgehead atoms. The third kappa shape index (κ3) is 3.36. The summed E-state index contributed by atoms with van der Waals surface area (Å²) in [5.74, 6) is 0.472. The van der Waals surface area contributed by atoms with Crippen LogP contribution in [0.2, 0.25) is 0 Å². The fraction of sp³-hybridized carbons (Fsp3) is 0.588. The van der Waals surface area contributed by atoms with E-state index in [0.717, 1.165) is 19.3 Å². The topological polar surface area (TPSA) is 64.4 Å². The molecule has 4 atom stereocenters. The highest BCUT2D eigenvalue weighted by molar-refractivity contribution is 5.94. The number of anilines is 1. The van der Waals surface area contributed by atoms with Crippen LogP contribution in [0.5, 0.6) is 5.75 Å². The molecule has 0 aromatic heterocycles. The summed E-state index contributed by atoms with van der Waals surface area (Å²) >= 11 is 0. The fourth-order valence-corrected chi connectivity index (χ4v) is 4.01. The van der Waals surface area contributed by atoms with E-state index < -0.39 is 12.8 Å². The maximum Gasteiger partial charge on any atom is 0.422 e. The highest BCUT2D eigenvalue weighted by Crippen LogP contribution is 2.48. The van der Waals surface area contributed by atoms with Gasteiger partial charge in [-0.1, -0.05) is 6.07 Å². The number of fused-ring (bicyclic) bond motifs is 2. The molecule has 7 heteroatoms. The quantitative estimate of drug-likeness (QED) is 0.883. The van der Waals surface area contributed by atoms with Crippen LogP contribution in [-0.4, -0.2) is 24.7 Å². The van der Waals surface area contributed by atoms with Gasteiger partial charge in [-0.2, -0.15) is 13.2 Å². The van der Waals surface area contributed by atoms with Crippen LogP contribution < -0.4 is 15.8 Å². The molecule has 24 heavy (non-hydrogen) atoms. The summed E-state index contributed by atoms with van der Waals surface area (Å²) in [4.78, 5) is 12.6. The Bertz CT molecular complexity index is 631. The van der Waals surface area contributed by atoms with Crippen molar-refractivity contribution in [2.45, 2.75) is 38.4 Å². The van der Waals surface area contributed by atoms with Crippen LogP contribution in [0.15, 0.2) is 18.2 Å². The molecule has 2 aliphatic rings. The lowest BCUT2D eigenvalue weighted by Gasteiger charge is -2.27. The smallest absolute Gasteiger partial charge is 0.422 e. The highest BCUT2D eigenvalue weighted by atomic mass is 19.4. The van der Waals surface area contributed by atoms with Gasteiger partial charge in [-0.05, 0) is 50.2 Å². The predicted octanol–water partition coefficient (Wildman–Crippen LogP) is 3.25. The first kappa shape index (κ1) is 17.1. The van der Waals surface area contributed by atoms with Gasteiger partial charge in [-0.15, -0.1) is 0 Å². The molecule has 0 saturated heterocycles. The van der Waals surface area contributed by atoms with Crippen molar-refractivity contribution >= 4 is 11.6 Å². The zero-order valence-corrected chi connectivity index (χ0v) is 13.4. The minimum atomic E-state index is -4.40. The number of ether oxygens (including phenoxy) is 1. The third-order valence-electron chi connectivity index (χ3n) is 5.22. The van der Waals surface area contributed by atoms with Gasteiger partial charge >= 0.3 is 6.18 Å². The van der Waals surface area contributed by atoms with Crippen molar-refractivity contribution in [2.75, 3.05) is 11.9 Å². The van der Waals surface area contributed by atoms with E-state index in [9.17, 15) is 18.0 Å². The second-order valence-electron chi connectivity index (χ2n) is 6.76. The van der Waals surface area contributed by atoms with Crippen LogP contribution in [0.25, 0.3) is 0 Å². The molecule has 0 aliphatic heterocycles. The number of nitrogens with one attached hydrogen (secondary N) is 1. The van der Waals surface area contributed by atoms with Crippen LogP contribution in [0.1, 0.15) is 24.8 Å². The van der Waals surface area contributed by atoms with Gasteiger partial charge in [0.05, 0.1) is 5.92 Å². The summed E-state index contributed by atoms with van der Waals surface area (Å²) in [6.07, 6.45) is -1.31. The van der Waals surface area contributed by atoms with Gasteiger partial charge in [0.1, 0.15) is 5.75 Å². The summed E-state index contributed by atoms with van der Waals surface area (Å²) in [6.45, 7) is 0.268. The number of hydrogen-bond donors (Lipinski definition) is 2. The minimum Gasteiger partial charge on any atom is -0.484 e. The average Bonchev–Trinajstić information content (AvgIpc) is 3.08. The molecule has 0 radical (unpaired) electrons. The molecule has 3 N–H and O–H groups in total. The summed E-state index contributed by atoms with van der Waals surface area (Å²) in [5.41, 5.74) is 7.12. The number of amides is 1. The van der Waals surface area contributed by atoms with E-state index in [1.165, 1.54) is 6.07 Å². The summed E-state index contributed by atoms with van der Waals surface area (Å²) in [5, 5.41) is 2.82. The highest BCUT2D eigenvalue weighted by Gasteiger charge is 2.49. The summed E-state index contributed by atoms with van der Waals surface area (Å²) in [6, 6.07) is 4.55. The molecule has 1 aromatic carbocycles. The number of carbonyl (C=O) groups excluding carboxylic acids is 1. The zero-order chi connectivity index (χ0) is 17.5. The number of rotatable bonds is 4. The Morgan fingerprint density at radius 3 is 2.67 bits per heavy atom. The molecule has 132 valence electrons. The maximum absolute atomic E-state index is 12.6. The molecule has 3 rings (SSSR count). The maximum atomic E-state index is 12.6. The number of benzene rings is 1. The van der Waals surface area contributed by atoms with Gasteiger partial charge in [0, 0.05) is 17.3 Å². The molecule has 2 saturated carbocycles. The van der Waals surface area contributed by atoms with Crippen LogP contribution in [0, 0.1) is 24.7 Å². The van der Waals surface area contributed by atoms with Crippen LogP contribution in [-0.2, 0) is 4.79 Å². The molecule has 1 aromatic rings. The van der Waals surface area contributed by atoms with Crippen LogP contribution in [0.4, 0.5) is 18.9 Å². The van der Waals surface area contributed by atoms with E-state index in [1.807, 2.05) is 0 Å². The lowest BCUT2D eigenvalue weighted by molar-refractivity contribution is -0.153. The molecule has 0 spiro atoms. The zero-order valence-electron chi connectivity index (χ0n) is 13.4. The van der Waals surface area contributed by atoms with Crippen LogP contribution in [0.3, 0.4) is 0 Å². The van der Waals surface area contributed by atoms with Crippen LogP contribution >= 0.6 is 0 Å². The van der Waals surface area contributed by atoms with Gasteiger partial charge < -0.3 is 15.8 Å². The van der Waals surface area contributed by atoms with Gasteiger partial charge in [0.15, 0.2) is 6.61 Å². The van der Waals surface area contributed by atoms with Gasteiger partial charge in [0.2, 0.25) is 5.91 Å². The Labute approximate surface area is 138 Å². The largest absolute Gasteiger partial charge is 0.484 e. The third-order valence-corrected chi connectivity index (χ3v) is 5.22. The number of alkyl halides is 3. The van der Waals surface area contributed by atoms with E-state index in [-0.39, 0.29) is 23.6 Å². The normalized spacial score (nSPS) is 28.9. The Morgan fingerprint density at radius 1 is 1.33 bits per heavy atom. The molecule has 4 unspecified atom stereocenters. The summed E-state index contributed by atoms with van der Waals surface area (Å²) < 4.78 is 41.7. The van der Waals surface area contributed by atoms with Crippen molar-refractivity contribution in [1.29, 1.82) is 0 Å². The molecular formula is C17H21F3N2O2. The van der Waals surface area contributed by atoms with Gasteiger partial charge in [0.25, 0.3) is 0 Å². The molecule has 4 nitrogen and oxygen atoms in total. The molecular weight excluding hydrogens is 321 g/mol. The van der Waals surface area contributed by atoms with Crippen molar-refractivity contribution in [3.05, 3.63) is 23.8 Å². The Balaban J connectivity index is 1.70. The molecule has 0 heterocycles. The number of nitrogens with two attached hydrogens (primary N) is 1. The lowest BCUT2D eigenvalue weighted by atomic mass is 9.84. The second-order valence-corrected chi connectivity index (χ2v) is 6.76. The molecule has 2 aliphatic carbocycles. The Morgan fingerprint density at radius 2 is 2.04 bits per heavy atom. The minimum absolute atomic E-state index is 0.113. The van der Waals surface area contributed by atoms with E-state index >= 15 is 0 Å². The van der Waals surface area contributed by atoms with Gasteiger partial charge in [-0.3, -0.25) is 4.79 Å². The van der Waals surface area contributed by atoms with Gasteiger partial charge in [-0.25, -0.2) is 0 Å². The first-order valence-corrected chi connectivity index (χ1v) is 8.12. The monoisotopic (exact) mass is 342 g/mol. The van der Waals surface area contributed by atoms with Crippen molar-refractivity contribution in [1.82, 2.24) is 0 Å². The van der Waals surface area contributed by atoms with E-state index in [0.29, 0.717) is 23.1 Å². The second kappa shape index (κ2) is 6.27. The number of halogens is 3. The average molecular weight is 342 g/mol. The van der Waals surface area contributed by atoms with Crippen molar-refractivity contribution in [2.24, 2.45) is 23.5 Å². The van der Waals surface area contributed by atoms with E-state index in [4.69, 9.17) is 10.5 Å². The van der Waals surface area contributed by atoms with Crippen molar-refractivity contribution in [3.8, 4) is 5.75 Å². The molecule has 2 fully saturated rings. The number of hydrogen-bond acceptors (Lipinski definition) is 3. The van der Waals surface area contributed by atoms with E-state index in [1.54, 1.807) is 19.1 Å². The van der Waals surface area contributed by atoms with Crippen molar-refractivity contribution < 1.29 is 22.7 Å². The van der Waals surface area contributed by atoms with Crippen molar-refractivity contribution in [3.63, 3.8) is 0 Å².